The van der Waals surface area contributed by atoms with E-state index < -0.39 is 23.3 Å². The first-order valence-electron chi connectivity index (χ1n) is 7.00. The summed E-state index contributed by atoms with van der Waals surface area (Å²) in [5.41, 5.74) is 5.41. The highest BCUT2D eigenvalue weighted by Gasteiger charge is 2.15. The molecule has 0 bridgehead atoms. The van der Waals surface area contributed by atoms with E-state index in [-0.39, 0.29) is 11.4 Å². The molecule has 0 spiro atoms. The van der Waals surface area contributed by atoms with Gasteiger partial charge in [0.2, 0.25) is 0 Å². The fourth-order valence-electron chi connectivity index (χ4n) is 1.93. The monoisotopic (exact) mass is 329 g/mol. The number of nitrogens with zero attached hydrogens (tertiary/aromatic N) is 1. The molecular weight excluding hydrogens is 314 g/mol. The second kappa shape index (κ2) is 7.73. The number of carbonyl (C=O) groups excluding carboxylic acids is 2. The summed E-state index contributed by atoms with van der Waals surface area (Å²) in [4.78, 5) is 33.9. The standard InChI is InChI=1S/C16H15N3O5/c1-11-6-2-3-7-12(11)16(21)18-17-15(20)10-24-14-9-5-4-8-13(14)19(22)23/h2-9H,10H2,1H3,(H,17,20)(H,18,21). The molecule has 0 unspecified atom stereocenters. The lowest BCUT2D eigenvalue weighted by Gasteiger charge is -2.10. The van der Waals surface area contributed by atoms with Crippen molar-refractivity contribution < 1.29 is 19.2 Å². The number of hydrogen-bond donors (Lipinski definition) is 2. The van der Waals surface area contributed by atoms with Crippen LogP contribution in [0.15, 0.2) is 48.5 Å². The fraction of sp³-hybridized carbons (Fsp3) is 0.125. The highest BCUT2D eigenvalue weighted by atomic mass is 16.6. The van der Waals surface area contributed by atoms with E-state index in [0.29, 0.717) is 5.56 Å². The number of aryl methyl sites for hydroxylation is 1. The topological polar surface area (TPSA) is 111 Å². The van der Waals surface area contributed by atoms with Crippen LogP contribution < -0.4 is 15.6 Å². The SMILES string of the molecule is Cc1ccccc1C(=O)NNC(=O)COc1ccccc1[N+](=O)[O-]. The predicted octanol–water partition coefficient (Wildman–Crippen LogP) is 1.74. The summed E-state index contributed by atoms with van der Waals surface area (Å²) in [7, 11) is 0. The third kappa shape index (κ3) is 4.29. The molecule has 8 heteroatoms. The number of nitrogens with one attached hydrogen (secondary N) is 2. The molecule has 0 radical (unpaired) electrons. The van der Waals surface area contributed by atoms with Gasteiger partial charge in [0.15, 0.2) is 12.4 Å². The van der Waals surface area contributed by atoms with Crippen molar-refractivity contribution in [3.63, 3.8) is 0 Å². The predicted molar refractivity (Wildman–Crippen MR) is 85.4 cm³/mol. The van der Waals surface area contributed by atoms with Gasteiger partial charge in [0.05, 0.1) is 4.92 Å². The van der Waals surface area contributed by atoms with E-state index in [9.17, 15) is 19.7 Å². The number of benzene rings is 2. The molecule has 0 aliphatic heterocycles. The largest absolute Gasteiger partial charge is 0.477 e. The van der Waals surface area contributed by atoms with E-state index in [1.807, 2.05) is 0 Å². The van der Waals surface area contributed by atoms with Gasteiger partial charge in [0, 0.05) is 11.6 Å². The molecule has 2 N–H and O–H groups in total. The van der Waals surface area contributed by atoms with Gasteiger partial charge in [-0.05, 0) is 24.6 Å². The summed E-state index contributed by atoms with van der Waals surface area (Å²) in [6.07, 6.45) is 0. The van der Waals surface area contributed by atoms with Crippen molar-refractivity contribution in [3.8, 4) is 5.75 Å². The molecule has 2 aromatic rings. The Kier molecular flexibility index (Phi) is 5.45. The van der Waals surface area contributed by atoms with E-state index in [4.69, 9.17) is 4.74 Å². The summed E-state index contributed by atoms with van der Waals surface area (Å²) in [5, 5.41) is 10.8. The zero-order valence-electron chi connectivity index (χ0n) is 12.8. The van der Waals surface area contributed by atoms with Crippen molar-refractivity contribution >= 4 is 17.5 Å². The highest BCUT2D eigenvalue weighted by molar-refractivity contribution is 5.96. The van der Waals surface area contributed by atoms with Gasteiger partial charge in [-0.1, -0.05) is 30.3 Å². The lowest BCUT2D eigenvalue weighted by Crippen LogP contribution is -2.44. The second-order valence-electron chi connectivity index (χ2n) is 4.83. The third-order valence-electron chi connectivity index (χ3n) is 3.13. The Balaban J connectivity index is 1.87. The highest BCUT2D eigenvalue weighted by Crippen LogP contribution is 2.25. The molecule has 2 rings (SSSR count). The molecule has 0 aliphatic carbocycles. The number of ether oxygens (including phenoxy) is 1. The summed E-state index contributed by atoms with van der Waals surface area (Å²) in [6, 6.07) is 12.6. The maximum absolute atomic E-state index is 11.9. The molecule has 24 heavy (non-hydrogen) atoms. The molecule has 0 heterocycles. The number of nitro groups is 1. The van der Waals surface area contributed by atoms with Crippen molar-refractivity contribution in [1.82, 2.24) is 10.9 Å². The quantitative estimate of drug-likeness (QED) is 0.641. The van der Waals surface area contributed by atoms with Gasteiger partial charge in [0.25, 0.3) is 11.8 Å². The Hall–Kier alpha value is -3.42. The van der Waals surface area contributed by atoms with Crippen LogP contribution in [0.4, 0.5) is 5.69 Å². The van der Waals surface area contributed by atoms with Gasteiger partial charge >= 0.3 is 5.69 Å². The Bertz CT molecular complexity index is 776. The smallest absolute Gasteiger partial charge is 0.310 e. The van der Waals surface area contributed by atoms with Crippen LogP contribution in [0.1, 0.15) is 15.9 Å². The Morgan fingerprint density at radius 1 is 1.08 bits per heavy atom. The molecule has 124 valence electrons. The van der Waals surface area contributed by atoms with Crippen LogP contribution in [-0.4, -0.2) is 23.3 Å². The van der Waals surface area contributed by atoms with Crippen LogP contribution in [0.5, 0.6) is 5.75 Å². The van der Waals surface area contributed by atoms with Gasteiger partial charge in [0.1, 0.15) is 0 Å². The van der Waals surface area contributed by atoms with Gasteiger partial charge < -0.3 is 4.74 Å². The average Bonchev–Trinajstić information content (AvgIpc) is 2.58. The first-order valence-corrected chi connectivity index (χ1v) is 7.00. The zero-order chi connectivity index (χ0) is 17.5. The van der Waals surface area contributed by atoms with Crippen molar-refractivity contribution in [3.05, 3.63) is 69.8 Å². The maximum Gasteiger partial charge on any atom is 0.310 e. The van der Waals surface area contributed by atoms with Crippen molar-refractivity contribution in [1.29, 1.82) is 0 Å². The number of amides is 2. The van der Waals surface area contributed by atoms with Crippen molar-refractivity contribution in [2.24, 2.45) is 0 Å². The summed E-state index contributed by atoms with van der Waals surface area (Å²) >= 11 is 0. The zero-order valence-corrected chi connectivity index (χ0v) is 12.8. The van der Waals surface area contributed by atoms with Crippen LogP contribution in [0.25, 0.3) is 0 Å². The van der Waals surface area contributed by atoms with E-state index in [1.165, 1.54) is 18.2 Å². The molecule has 2 amide bonds. The molecule has 8 nitrogen and oxygen atoms in total. The van der Waals surface area contributed by atoms with Crippen molar-refractivity contribution in [2.75, 3.05) is 6.61 Å². The summed E-state index contributed by atoms with van der Waals surface area (Å²) in [5.74, 6) is -1.13. The van der Waals surface area contributed by atoms with E-state index >= 15 is 0 Å². The molecule has 0 aliphatic rings. The van der Waals surface area contributed by atoms with Gasteiger partial charge in [-0.15, -0.1) is 0 Å². The lowest BCUT2D eigenvalue weighted by atomic mass is 10.1. The minimum Gasteiger partial charge on any atom is -0.477 e. The first kappa shape index (κ1) is 16.9. The fourth-order valence-corrected chi connectivity index (χ4v) is 1.93. The molecule has 2 aromatic carbocycles. The molecular formula is C16H15N3O5. The third-order valence-corrected chi connectivity index (χ3v) is 3.13. The van der Waals surface area contributed by atoms with Gasteiger partial charge in [-0.3, -0.25) is 30.6 Å². The van der Waals surface area contributed by atoms with Crippen molar-refractivity contribution in [2.45, 2.75) is 6.92 Å². The van der Waals surface area contributed by atoms with E-state index in [0.717, 1.165) is 5.56 Å². The minimum absolute atomic E-state index is 0.0251. The molecule has 0 saturated carbocycles. The van der Waals surface area contributed by atoms with Gasteiger partial charge in [-0.25, -0.2) is 0 Å². The van der Waals surface area contributed by atoms with Crippen LogP contribution in [-0.2, 0) is 4.79 Å². The van der Waals surface area contributed by atoms with Crippen LogP contribution in [0.3, 0.4) is 0 Å². The number of hydrogen-bond acceptors (Lipinski definition) is 5. The normalized spacial score (nSPS) is 9.88. The molecule has 0 saturated heterocycles. The van der Waals surface area contributed by atoms with Crippen LogP contribution >= 0.6 is 0 Å². The average molecular weight is 329 g/mol. The van der Waals surface area contributed by atoms with Gasteiger partial charge in [-0.2, -0.15) is 0 Å². The number of hydrazine groups is 1. The second-order valence-corrected chi connectivity index (χ2v) is 4.83. The summed E-state index contributed by atoms with van der Waals surface area (Å²) in [6.45, 7) is 1.30. The number of nitro benzene ring substituents is 1. The summed E-state index contributed by atoms with van der Waals surface area (Å²) < 4.78 is 5.12. The number of rotatable bonds is 5. The maximum atomic E-state index is 11.9. The molecule has 0 aromatic heterocycles. The first-order chi connectivity index (χ1) is 11.5. The lowest BCUT2D eigenvalue weighted by molar-refractivity contribution is -0.385. The number of para-hydroxylation sites is 2. The minimum atomic E-state index is -0.643. The molecule has 0 atom stereocenters. The molecule has 0 fully saturated rings. The Labute approximate surface area is 137 Å². The van der Waals surface area contributed by atoms with E-state index in [1.54, 1.807) is 37.3 Å². The van der Waals surface area contributed by atoms with Crippen LogP contribution in [0.2, 0.25) is 0 Å². The van der Waals surface area contributed by atoms with E-state index in [2.05, 4.69) is 10.9 Å². The van der Waals surface area contributed by atoms with Crippen LogP contribution in [0, 0.1) is 17.0 Å². The Morgan fingerprint density at radius 2 is 1.75 bits per heavy atom. The Morgan fingerprint density at radius 3 is 2.46 bits per heavy atom. The number of carbonyl (C=O) groups is 2.